The Morgan fingerprint density at radius 1 is 1.33 bits per heavy atom. The van der Waals surface area contributed by atoms with Crippen LogP contribution in [0.4, 0.5) is 5.82 Å². The number of rotatable bonds is 0. The summed E-state index contributed by atoms with van der Waals surface area (Å²) >= 11 is 0.895. The summed E-state index contributed by atoms with van der Waals surface area (Å²) in [4.78, 5) is 22.0. The van der Waals surface area contributed by atoms with Gasteiger partial charge >= 0.3 is 0 Å². The van der Waals surface area contributed by atoms with Crippen LogP contribution in [-0.4, -0.2) is 27.1 Å². The van der Waals surface area contributed by atoms with Crippen molar-refractivity contribution in [2.24, 2.45) is 0 Å². The van der Waals surface area contributed by atoms with Gasteiger partial charge in [0.1, 0.15) is 0 Å². The number of aromatic nitrogens is 2. The van der Waals surface area contributed by atoms with Crippen molar-refractivity contribution in [3.05, 3.63) is 5.69 Å². The third-order valence-corrected chi connectivity index (χ3v) is 1.90. The number of carbonyl (C=O) groups excluding carboxylic acids is 2. The monoisotopic (exact) mass is 184 g/mol. The average Bonchev–Trinajstić information content (AvgIpc) is 2.44. The molecule has 0 radical (unpaired) electrons. The molecule has 1 aromatic rings. The largest absolute Gasteiger partial charge is 0.341 e. The molecule has 62 valence electrons. The summed E-state index contributed by atoms with van der Waals surface area (Å²) in [5.74, 6) is -0.396. The third-order valence-electron chi connectivity index (χ3n) is 1.37. The zero-order valence-electron chi connectivity index (χ0n) is 5.83. The molecule has 1 aliphatic heterocycles. The molecule has 0 atom stereocenters. The first-order valence-corrected chi connectivity index (χ1v) is 3.91. The third kappa shape index (κ3) is 1.03. The number of amides is 2. The van der Waals surface area contributed by atoms with Crippen LogP contribution in [0.15, 0.2) is 0 Å². The molecule has 0 unspecified atom stereocenters. The molecule has 12 heavy (non-hydrogen) atoms. The molecule has 2 amide bonds. The summed E-state index contributed by atoms with van der Waals surface area (Å²) in [6.07, 6.45) is 0. The van der Waals surface area contributed by atoms with Gasteiger partial charge in [0.25, 0.3) is 5.91 Å². The predicted octanol–water partition coefficient (Wildman–Crippen LogP) is -0.780. The second-order valence-electron chi connectivity index (χ2n) is 2.19. The molecule has 7 heteroatoms. The average molecular weight is 184 g/mol. The quantitative estimate of drug-likeness (QED) is 0.554. The molecular formula is C5H4N4O2S. The smallest absolute Gasteiger partial charge is 0.275 e. The van der Waals surface area contributed by atoms with Crippen LogP contribution in [0.3, 0.4) is 0 Å². The molecule has 0 saturated heterocycles. The highest BCUT2D eigenvalue weighted by Gasteiger charge is 2.22. The maximum absolute atomic E-state index is 11.1. The zero-order chi connectivity index (χ0) is 8.55. The predicted molar refractivity (Wildman–Crippen MR) is 40.9 cm³/mol. The Hall–Kier alpha value is -1.50. The van der Waals surface area contributed by atoms with Crippen LogP contribution in [0.5, 0.6) is 0 Å². The summed E-state index contributed by atoms with van der Waals surface area (Å²) in [7, 11) is 0. The molecular weight excluding hydrogens is 180 g/mol. The van der Waals surface area contributed by atoms with Crippen molar-refractivity contribution in [1.29, 1.82) is 0 Å². The molecule has 2 heterocycles. The lowest BCUT2D eigenvalue weighted by atomic mass is 10.4. The normalized spacial score (nSPS) is 16.0. The minimum Gasteiger partial charge on any atom is -0.341 e. The lowest BCUT2D eigenvalue weighted by Crippen LogP contribution is -2.28. The lowest BCUT2D eigenvalue weighted by molar-refractivity contribution is -0.115. The van der Waals surface area contributed by atoms with E-state index >= 15 is 0 Å². The minimum atomic E-state index is -0.364. The van der Waals surface area contributed by atoms with Gasteiger partial charge in [0.2, 0.25) is 5.91 Å². The van der Waals surface area contributed by atoms with Crippen LogP contribution >= 0.6 is 11.7 Å². The molecule has 1 aromatic heterocycles. The number of carbonyl (C=O) groups is 2. The fraction of sp³-hybridized carbons (Fsp3) is 0.200. The summed E-state index contributed by atoms with van der Waals surface area (Å²) in [6, 6.07) is 0. The molecule has 0 aromatic carbocycles. The lowest BCUT2D eigenvalue weighted by Gasteiger charge is -1.94. The van der Waals surface area contributed by atoms with Gasteiger partial charge in [0.15, 0.2) is 11.5 Å². The standard InChI is InChI=1S/C5H4N4O2S/c10-2-1-6-5(11)3-4(7-2)9-12-8-3/h1H2,(H,6,11)(H,7,9,10). The van der Waals surface area contributed by atoms with Crippen molar-refractivity contribution >= 4 is 29.4 Å². The van der Waals surface area contributed by atoms with Crippen molar-refractivity contribution in [1.82, 2.24) is 14.1 Å². The topological polar surface area (TPSA) is 84.0 Å². The van der Waals surface area contributed by atoms with Crippen molar-refractivity contribution in [2.75, 3.05) is 11.9 Å². The van der Waals surface area contributed by atoms with Crippen LogP contribution in [0.1, 0.15) is 10.5 Å². The van der Waals surface area contributed by atoms with Crippen LogP contribution in [0, 0.1) is 0 Å². The van der Waals surface area contributed by atoms with E-state index in [0.29, 0.717) is 0 Å². The Morgan fingerprint density at radius 2 is 2.17 bits per heavy atom. The van der Waals surface area contributed by atoms with Gasteiger partial charge in [-0.1, -0.05) is 0 Å². The zero-order valence-corrected chi connectivity index (χ0v) is 6.64. The van der Waals surface area contributed by atoms with Crippen molar-refractivity contribution in [3.63, 3.8) is 0 Å². The van der Waals surface area contributed by atoms with E-state index in [4.69, 9.17) is 0 Å². The van der Waals surface area contributed by atoms with Gasteiger partial charge in [-0.2, -0.15) is 8.75 Å². The number of anilines is 1. The number of nitrogens with zero attached hydrogens (tertiary/aromatic N) is 2. The highest BCUT2D eigenvalue weighted by atomic mass is 32.1. The summed E-state index contributed by atoms with van der Waals surface area (Å²) in [5, 5.41) is 4.84. The number of fused-ring (bicyclic) bond motifs is 1. The summed E-state index contributed by atoms with van der Waals surface area (Å²) in [6.45, 7) is -0.0263. The van der Waals surface area contributed by atoms with Crippen LogP contribution in [-0.2, 0) is 4.79 Å². The Labute approximate surface area is 71.3 Å². The van der Waals surface area contributed by atoms with Crippen LogP contribution in [0.2, 0.25) is 0 Å². The number of hydrogen-bond acceptors (Lipinski definition) is 5. The Bertz CT molecular complexity index is 347. The van der Waals surface area contributed by atoms with E-state index in [1.165, 1.54) is 0 Å². The molecule has 0 spiro atoms. The van der Waals surface area contributed by atoms with E-state index in [0.717, 1.165) is 11.7 Å². The summed E-state index contributed by atoms with van der Waals surface area (Å²) in [5.41, 5.74) is 0.186. The first kappa shape index (κ1) is 7.17. The van der Waals surface area contributed by atoms with Gasteiger partial charge < -0.3 is 10.6 Å². The van der Waals surface area contributed by atoms with E-state index in [2.05, 4.69) is 19.4 Å². The fourth-order valence-corrected chi connectivity index (χ4v) is 1.35. The van der Waals surface area contributed by atoms with Gasteiger partial charge in [-0.05, 0) is 0 Å². The molecule has 6 nitrogen and oxygen atoms in total. The molecule has 2 rings (SSSR count). The van der Waals surface area contributed by atoms with Gasteiger partial charge in [-0.25, -0.2) is 0 Å². The molecule has 0 saturated carbocycles. The van der Waals surface area contributed by atoms with E-state index in [9.17, 15) is 9.59 Å². The molecule has 0 bridgehead atoms. The van der Waals surface area contributed by atoms with Crippen LogP contribution in [0.25, 0.3) is 0 Å². The molecule has 0 aliphatic carbocycles. The Morgan fingerprint density at radius 3 is 3.00 bits per heavy atom. The van der Waals surface area contributed by atoms with Crippen molar-refractivity contribution in [2.45, 2.75) is 0 Å². The highest BCUT2D eigenvalue weighted by molar-refractivity contribution is 6.99. The second kappa shape index (κ2) is 2.52. The highest BCUT2D eigenvalue weighted by Crippen LogP contribution is 2.13. The van der Waals surface area contributed by atoms with E-state index < -0.39 is 0 Å². The Kier molecular flexibility index (Phi) is 1.51. The minimum absolute atomic E-state index is 0.0263. The van der Waals surface area contributed by atoms with Gasteiger partial charge in [-0.3, -0.25) is 9.59 Å². The molecule has 2 N–H and O–H groups in total. The van der Waals surface area contributed by atoms with Crippen molar-refractivity contribution < 1.29 is 9.59 Å². The maximum atomic E-state index is 11.1. The molecule has 1 aliphatic rings. The van der Waals surface area contributed by atoms with Crippen LogP contribution < -0.4 is 10.6 Å². The summed E-state index contributed by atoms with van der Waals surface area (Å²) < 4.78 is 7.49. The second-order valence-corrected chi connectivity index (χ2v) is 2.72. The van der Waals surface area contributed by atoms with Gasteiger partial charge in [-0.15, -0.1) is 0 Å². The Balaban J connectivity index is 2.45. The van der Waals surface area contributed by atoms with Gasteiger partial charge in [0.05, 0.1) is 18.3 Å². The van der Waals surface area contributed by atoms with Gasteiger partial charge in [0, 0.05) is 0 Å². The van der Waals surface area contributed by atoms with E-state index in [1.807, 2.05) is 0 Å². The maximum Gasteiger partial charge on any atom is 0.275 e. The molecule has 0 fully saturated rings. The van der Waals surface area contributed by atoms with Crippen molar-refractivity contribution in [3.8, 4) is 0 Å². The van der Waals surface area contributed by atoms with E-state index in [1.54, 1.807) is 0 Å². The SMILES string of the molecule is O=C1CNC(=O)c2nsnc2N1. The number of hydrogen-bond donors (Lipinski definition) is 2. The van der Waals surface area contributed by atoms with E-state index in [-0.39, 0.29) is 29.9 Å². The fourth-order valence-electron chi connectivity index (χ4n) is 0.840. The number of nitrogens with one attached hydrogen (secondary N) is 2. The first-order valence-electron chi connectivity index (χ1n) is 3.18. The first-order chi connectivity index (χ1) is 5.77.